The van der Waals surface area contributed by atoms with E-state index in [0.29, 0.717) is 13.2 Å². The van der Waals surface area contributed by atoms with E-state index in [4.69, 9.17) is 4.74 Å². The van der Waals surface area contributed by atoms with Gasteiger partial charge in [0.15, 0.2) is 5.82 Å². The lowest BCUT2D eigenvalue weighted by molar-refractivity contribution is -0.125. The van der Waals surface area contributed by atoms with Crippen LogP contribution in [0.5, 0.6) is 0 Å². The first-order valence-electron chi connectivity index (χ1n) is 9.65. The van der Waals surface area contributed by atoms with Gasteiger partial charge in [-0.25, -0.2) is 0 Å². The highest BCUT2D eigenvalue weighted by Crippen LogP contribution is 2.25. The summed E-state index contributed by atoms with van der Waals surface area (Å²) in [6, 6.07) is 8.11. The number of hydrogen-bond acceptors (Lipinski definition) is 6. The van der Waals surface area contributed by atoms with E-state index in [1.807, 2.05) is 43.5 Å². The predicted octanol–water partition coefficient (Wildman–Crippen LogP) is 3.35. The number of anilines is 1. The highest BCUT2D eigenvalue weighted by Gasteiger charge is 2.25. The number of piperidine rings is 1. The van der Waals surface area contributed by atoms with Gasteiger partial charge >= 0.3 is 0 Å². The number of rotatable bonds is 8. The van der Waals surface area contributed by atoms with Gasteiger partial charge in [-0.05, 0) is 56.7 Å². The molecule has 1 fully saturated rings. The molecule has 1 aliphatic rings. The summed E-state index contributed by atoms with van der Waals surface area (Å²) in [6.45, 7) is 7.08. The monoisotopic (exact) mass is 388 g/mol. The second-order valence-electron chi connectivity index (χ2n) is 7.08. The molecule has 3 rings (SSSR count). The Morgan fingerprint density at radius 3 is 2.74 bits per heavy atom. The lowest BCUT2D eigenvalue weighted by Crippen LogP contribution is -2.41. The van der Waals surface area contributed by atoms with Crippen LogP contribution in [0.1, 0.15) is 33.1 Å². The van der Waals surface area contributed by atoms with E-state index in [-0.39, 0.29) is 17.9 Å². The van der Waals surface area contributed by atoms with Crippen molar-refractivity contribution >= 4 is 23.1 Å². The number of ether oxygens (including phenoxy) is 1. The molecule has 0 aromatic carbocycles. The standard InChI is InChI=1S/C20H28N4O2S/c1-15(2)26-13-4-10-21-20(25)16-8-11-24(12-9-16)19-7-6-17(22-23-19)18-5-3-14-27-18/h3,5-7,14-16H,4,8-13H2,1-2H3,(H,21,25). The van der Waals surface area contributed by atoms with Crippen LogP contribution in [-0.4, -0.2) is 48.4 Å². The van der Waals surface area contributed by atoms with Gasteiger partial charge < -0.3 is 15.0 Å². The van der Waals surface area contributed by atoms with E-state index in [1.165, 1.54) is 0 Å². The molecule has 0 unspecified atom stereocenters. The van der Waals surface area contributed by atoms with Crippen molar-refractivity contribution in [2.24, 2.45) is 5.92 Å². The average Bonchev–Trinajstić information content (AvgIpc) is 3.22. The zero-order valence-electron chi connectivity index (χ0n) is 16.1. The first kappa shape index (κ1) is 19.8. The summed E-state index contributed by atoms with van der Waals surface area (Å²) in [5, 5.41) is 13.8. The van der Waals surface area contributed by atoms with E-state index < -0.39 is 0 Å². The molecule has 1 saturated heterocycles. The fourth-order valence-corrected chi connectivity index (χ4v) is 3.86. The molecule has 0 radical (unpaired) electrons. The van der Waals surface area contributed by atoms with Gasteiger partial charge in [0.05, 0.1) is 11.0 Å². The quantitative estimate of drug-likeness (QED) is 0.703. The Hall–Kier alpha value is -1.99. The van der Waals surface area contributed by atoms with Gasteiger partial charge in [-0.1, -0.05) is 6.07 Å². The van der Waals surface area contributed by atoms with Crippen LogP contribution in [0.2, 0.25) is 0 Å². The minimum atomic E-state index is 0.0885. The van der Waals surface area contributed by atoms with Crippen LogP contribution >= 0.6 is 11.3 Å². The van der Waals surface area contributed by atoms with Gasteiger partial charge in [-0.2, -0.15) is 0 Å². The molecule has 0 bridgehead atoms. The molecule has 146 valence electrons. The van der Waals surface area contributed by atoms with Gasteiger partial charge in [0, 0.05) is 32.2 Å². The zero-order valence-corrected chi connectivity index (χ0v) is 16.9. The number of hydrogen-bond donors (Lipinski definition) is 1. The third kappa shape index (κ3) is 5.74. The van der Waals surface area contributed by atoms with Crippen molar-refractivity contribution in [1.82, 2.24) is 15.5 Å². The van der Waals surface area contributed by atoms with Gasteiger partial charge in [-0.3, -0.25) is 4.79 Å². The van der Waals surface area contributed by atoms with Crippen LogP contribution in [0, 0.1) is 5.92 Å². The van der Waals surface area contributed by atoms with E-state index in [0.717, 1.165) is 48.7 Å². The van der Waals surface area contributed by atoms with Crippen LogP contribution in [0.15, 0.2) is 29.6 Å². The molecule has 1 aliphatic heterocycles. The number of thiophene rings is 1. The molecule has 2 aromatic rings. The van der Waals surface area contributed by atoms with Crippen molar-refractivity contribution in [2.75, 3.05) is 31.1 Å². The molecule has 7 heteroatoms. The normalized spacial score (nSPS) is 15.3. The van der Waals surface area contributed by atoms with Crippen molar-refractivity contribution in [3.63, 3.8) is 0 Å². The van der Waals surface area contributed by atoms with Gasteiger partial charge in [0.2, 0.25) is 5.91 Å². The van der Waals surface area contributed by atoms with Crippen LogP contribution in [0.25, 0.3) is 10.6 Å². The maximum absolute atomic E-state index is 12.3. The van der Waals surface area contributed by atoms with Crippen LogP contribution in [0.3, 0.4) is 0 Å². The van der Waals surface area contributed by atoms with Crippen molar-refractivity contribution in [3.8, 4) is 10.6 Å². The molecular weight excluding hydrogens is 360 g/mol. The molecule has 3 heterocycles. The maximum atomic E-state index is 12.3. The molecular formula is C20H28N4O2S. The van der Waals surface area contributed by atoms with E-state index in [1.54, 1.807) is 11.3 Å². The highest BCUT2D eigenvalue weighted by atomic mass is 32.1. The summed E-state index contributed by atoms with van der Waals surface area (Å²) in [6.07, 6.45) is 2.80. The number of amides is 1. The average molecular weight is 389 g/mol. The molecule has 0 saturated carbocycles. The second-order valence-corrected chi connectivity index (χ2v) is 8.03. The first-order valence-corrected chi connectivity index (χ1v) is 10.5. The number of carbonyl (C=O) groups is 1. The number of nitrogens with one attached hydrogen (secondary N) is 1. The SMILES string of the molecule is CC(C)OCCCNC(=O)C1CCN(c2ccc(-c3cccs3)nn2)CC1. The molecule has 27 heavy (non-hydrogen) atoms. The lowest BCUT2D eigenvalue weighted by Gasteiger charge is -2.31. The summed E-state index contributed by atoms with van der Waals surface area (Å²) in [7, 11) is 0. The van der Waals surface area contributed by atoms with Crippen molar-refractivity contribution in [2.45, 2.75) is 39.2 Å². The summed E-state index contributed by atoms with van der Waals surface area (Å²) in [5.74, 6) is 1.14. The van der Waals surface area contributed by atoms with E-state index in [9.17, 15) is 4.79 Å². The molecule has 1 N–H and O–H groups in total. The molecule has 0 spiro atoms. The molecule has 1 amide bonds. The third-order valence-electron chi connectivity index (χ3n) is 4.69. The van der Waals surface area contributed by atoms with Crippen molar-refractivity contribution in [1.29, 1.82) is 0 Å². The van der Waals surface area contributed by atoms with Crippen molar-refractivity contribution < 1.29 is 9.53 Å². The lowest BCUT2D eigenvalue weighted by atomic mass is 9.96. The number of aromatic nitrogens is 2. The third-order valence-corrected chi connectivity index (χ3v) is 5.58. The smallest absolute Gasteiger partial charge is 0.223 e. The molecule has 0 aliphatic carbocycles. The Bertz CT molecular complexity index is 695. The Labute approximate surface area is 164 Å². The Morgan fingerprint density at radius 1 is 1.30 bits per heavy atom. The van der Waals surface area contributed by atoms with E-state index >= 15 is 0 Å². The summed E-state index contributed by atoms with van der Waals surface area (Å²) < 4.78 is 5.49. The summed E-state index contributed by atoms with van der Waals surface area (Å²) >= 11 is 1.66. The number of nitrogens with zero attached hydrogens (tertiary/aromatic N) is 3. The summed E-state index contributed by atoms with van der Waals surface area (Å²) in [4.78, 5) is 15.7. The zero-order chi connectivity index (χ0) is 19.1. The van der Waals surface area contributed by atoms with Crippen molar-refractivity contribution in [3.05, 3.63) is 29.6 Å². The second kappa shape index (κ2) is 9.80. The van der Waals surface area contributed by atoms with Crippen LogP contribution < -0.4 is 10.2 Å². The van der Waals surface area contributed by atoms with E-state index in [2.05, 4.69) is 20.4 Å². The minimum Gasteiger partial charge on any atom is -0.379 e. The molecule has 2 aromatic heterocycles. The van der Waals surface area contributed by atoms with Gasteiger partial charge in [0.1, 0.15) is 5.69 Å². The first-order chi connectivity index (χ1) is 13.1. The highest BCUT2D eigenvalue weighted by molar-refractivity contribution is 7.13. The fraction of sp³-hybridized carbons (Fsp3) is 0.550. The Morgan fingerprint density at radius 2 is 2.11 bits per heavy atom. The largest absolute Gasteiger partial charge is 0.379 e. The maximum Gasteiger partial charge on any atom is 0.223 e. The molecule has 0 atom stereocenters. The number of carbonyl (C=O) groups excluding carboxylic acids is 1. The van der Waals surface area contributed by atoms with Gasteiger partial charge in [0.25, 0.3) is 0 Å². The van der Waals surface area contributed by atoms with Crippen LogP contribution in [0.4, 0.5) is 5.82 Å². The fourth-order valence-electron chi connectivity index (χ4n) is 3.17. The minimum absolute atomic E-state index is 0.0885. The molecule has 6 nitrogen and oxygen atoms in total. The Balaban J connectivity index is 1.41. The van der Waals surface area contributed by atoms with Gasteiger partial charge in [-0.15, -0.1) is 21.5 Å². The topological polar surface area (TPSA) is 67.3 Å². The van der Waals surface area contributed by atoms with Crippen LogP contribution in [-0.2, 0) is 9.53 Å². The summed E-state index contributed by atoms with van der Waals surface area (Å²) in [5.41, 5.74) is 0.907. The predicted molar refractivity (Wildman–Crippen MR) is 109 cm³/mol. The Kier molecular flexibility index (Phi) is 7.18.